The summed E-state index contributed by atoms with van der Waals surface area (Å²) in [5, 5.41) is 3.65. The number of hydrogen-bond acceptors (Lipinski definition) is 3. The fourth-order valence-electron chi connectivity index (χ4n) is 2.95. The van der Waals surface area contributed by atoms with Gasteiger partial charge in [0.2, 0.25) is 0 Å². The van der Waals surface area contributed by atoms with E-state index in [0.717, 1.165) is 32.3 Å². The van der Waals surface area contributed by atoms with Gasteiger partial charge in [0.05, 0.1) is 5.69 Å². The van der Waals surface area contributed by atoms with Crippen LogP contribution in [0, 0.1) is 0 Å². The lowest BCUT2D eigenvalue weighted by Crippen LogP contribution is -2.22. The first-order chi connectivity index (χ1) is 13.1. The summed E-state index contributed by atoms with van der Waals surface area (Å²) in [6.45, 7) is 2.46. The van der Waals surface area contributed by atoms with Gasteiger partial charge in [-0.15, -0.1) is 0 Å². The number of aliphatic imine (C=N–C) groups is 1. The maximum atomic E-state index is 12.6. The molecule has 3 nitrogen and oxygen atoms in total. The molecule has 0 aliphatic carbocycles. The van der Waals surface area contributed by atoms with Crippen LogP contribution in [0.25, 0.3) is 0 Å². The van der Waals surface area contributed by atoms with Gasteiger partial charge in [-0.05, 0) is 48.9 Å². The molecule has 1 aliphatic rings. The minimum Gasteiger partial charge on any atom is -0.348 e. The van der Waals surface area contributed by atoms with Crippen molar-refractivity contribution in [2.75, 3.05) is 0 Å². The molecule has 4 rings (SSSR count). The average molecular weight is 393 g/mol. The third kappa shape index (κ3) is 3.92. The van der Waals surface area contributed by atoms with E-state index in [1.54, 1.807) is 11.8 Å². The predicted molar refractivity (Wildman–Crippen MR) is 112 cm³/mol. The second-order valence-electron chi connectivity index (χ2n) is 6.29. The van der Waals surface area contributed by atoms with Crippen LogP contribution < -0.4 is 5.32 Å². The topological polar surface area (TPSA) is 41.5 Å². The summed E-state index contributed by atoms with van der Waals surface area (Å²) >= 11 is 7.78. The zero-order chi connectivity index (χ0) is 18.8. The van der Waals surface area contributed by atoms with Crippen LogP contribution in [0.3, 0.4) is 0 Å². The highest BCUT2D eigenvalue weighted by Gasteiger charge is 2.17. The molecule has 1 amide bonds. The van der Waals surface area contributed by atoms with E-state index in [-0.39, 0.29) is 5.91 Å². The van der Waals surface area contributed by atoms with Crippen molar-refractivity contribution in [2.45, 2.75) is 23.3 Å². The summed E-state index contributed by atoms with van der Waals surface area (Å²) in [7, 11) is 0. The van der Waals surface area contributed by atoms with E-state index in [2.05, 4.69) is 5.32 Å². The number of halogens is 1. The molecule has 0 bridgehead atoms. The minimum absolute atomic E-state index is 0.107. The highest BCUT2D eigenvalue weighted by molar-refractivity contribution is 7.99. The third-order valence-electron chi connectivity index (χ3n) is 4.36. The molecule has 3 aromatic carbocycles. The van der Waals surface area contributed by atoms with Crippen molar-refractivity contribution in [3.63, 3.8) is 0 Å². The largest absolute Gasteiger partial charge is 0.348 e. The van der Waals surface area contributed by atoms with Crippen molar-refractivity contribution in [3.05, 3.63) is 88.4 Å². The average Bonchev–Trinajstić information content (AvgIpc) is 2.82. The first kappa shape index (κ1) is 17.8. The van der Waals surface area contributed by atoms with Gasteiger partial charge in [0.15, 0.2) is 0 Å². The Balaban J connectivity index is 1.59. The monoisotopic (exact) mass is 392 g/mol. The van der Waals surface area contributed by atoms with Gasteiger partial charge in [0, 0.05) is 38.2 Å². The Morgan fingerprint density at radius 3 is 2.63 bits per heavy atom. The highest BCUT2D eigenvalue weighted by Crippen LogP contribution is 2.41. The molecule has 3 aromatic rings. The van der Waals surface area contributed by atoms with Crippen LogP contribution in [0.5, 0.6) is 0 Å². The van der Waals surface area contributed by atoms with Gasteiger partial charge in [0.25, 0.3) is 5.91 Å². The molecule has 0 atom stereocenters. The molecule has 1 N–H and O–H groups in total. The molecule has 0 unspecified atom stereocenters. The van der Waals surface area contributed by atoms with Gasteiger partial charge in [-0.1, -0.05) is 53.7 Å². The maximum absolute atomic E-state index is 12.6. The van der Waals surface area contributed by atoms with Gasteiger partial charge >= 0.3 is 0 Å². The highest BCUT2D eigenvalue weighted by atomic mass is 35.5. The standard InChI is InChI=1S/C22H17ClN2OS/c1-14-18-12-17(23)8-10-20(18)27-21-9-7-16(11-19(21)25-14)22(26)24-13-15-5-3-2-4-6-15/h2-12H,13H2,1H3,(H,24,26). The fourth-order valence-corrected chi connectivity index (χ4v) is 4.15. The lowest BCUT2D eigenvalue weighted by Gasteiger charge is -2.08. The van der Waals surface area contributed by atoms with Crippen LogP contribution in [0.15, 0.2) is 81.5 Å². The molecule has 0 radical (unpaired) electrons. The Labute approximate surface area is 167 Å². The molecule has 0 aromatic heterocycles. The first-order valence-corrected chi connectivity index (χ1v) is 9.79. The molecule has 0 saturated heterocycles. The molecule has 27 heavy (non-hydrogen) atoms. The van der Waals surface area contributed by atoms with Gasteiger partial charge in [0.1, 0.15) is 0 Å². The minimum atomic E-state index is -0.107. The normalized spacial score (nSPS) is 12.4. The number of rotatable bonds is 3. The molecule has 0 spiro atoms. The SMILES string of the molecule is CC1=Nc2cc(C(=O)NCc3ccccc3)ccc2Sc2ccc(Cl)cc21. The van der Waals surface area contributed by atoms with E-state index in [0.29, 0.717) is 17.1 Å². The maximum Gasteiger partial charge on any atom is 0.251 e. The summed E-state index contributed by atoms with van der Waals surface area (Å²) < 4.78 is 0. The van der Waals surface area contributed by atoms with Crippen molar-refractivity contribution >= 4 is 40.7 Å². The van der Waals surface area contributed by atoms with E-state index < -0.39 is 0 Å². The number of nitrogens with one attached hydrogen (secondary N) is 1. The van der Waals surface area contributed by atoms with E-state index in [1.165, 1.54) is 0 Å². The fraction of sp³-hybridized carbons (Fsp3) is 0.0909. The Kier molecular flexibility index (Phi) is 5.01. The van der Waals surface area contributed by atoms with Gasteiger partial charge in [-0.3, -0.25) is 9.79 Å². The molecular weight excluding hydrogens is 376 g/mol. The summed E-state index contributed by atoms with van der Waals surface area (Å²) in [5.41, 5.74) is 4.39. The number of nitrogens with zero attached hydrogens (tertiary/aromatic N) is 1. The van der Waals surface area contributed by atoms with E-state index >= 15 is 0 Å². The van der Waals surface area contributed by atoms with Crippen LogP contribution in [0.4, 0.5) is 5.69 Å². The van der Waals surface area contributed by atoms with E-state index in [1.807, 2.05) is 73.7 Å². The van der Waals surface area contributed by atoms with Gasteiger partial charge < -0.3 is 5.32 Å². The smallest absolute Gasteiger partial charge is 0.251 e. The van der Waals surface area contributed by atoms with E-state index in [4.69, 9.17) is 16.6 Å². The van der Waals surface area contributed by atoms with Gasteiger partial charge in [-0.2, -0.15) is 0 Å². The summed E-state index contributed by atoms with van der Waals surface area (Å²) in [5.74, 6) is -0.107. The molecule has 1 heterocycles. The zero-order valence-corrected chi connectivity index (χ0v) is 16.3. The number of hydrogen-bond donors (Lipinski definition) is 1. The van der Waals surface area contributed by atoms with Crippen LogP contribution in [-0.4, -0.2) is 11.6 Å². The van der Waals surface area contributed by atoms with E-state index in [9.17, 15) is 4.79 Å². The zero-order valence-electron chi connectivity index (χ0n) is 14.7. The number of carbonyl (C=O) groups excluding carboxylic acids is 1. The van der Waals surface area contributed by atoms with Crippen molar-refractivity contribution < 1.29 is 4.79 Å². The lowest BCUT2D eigenvalue weighted by molar-refractivity contribution is 0.0951. The van der Waals surface area contributed by atoms with Crippen LogP contribution in [-0.2, 0) is 6.54 Å². The lowest BCUT2D eigenvalue weighted by atomic mass is 10.1. The predicted octanol–water partition coefficient (Wildman–Crippen LogP) is 5.88. The van der Waals surface area contributed by atoms with Crippen LogP contribution >= 0.6 is 23.4 Å². The number of amides is 1. The Bertz CT molecular complexity index is 1050. The second-order valence-corrected chi connectivity index (χ2v) is 7.81. The Morgan fingerprint density at radius 2 is 1.81 bits per heavy atom. The number of benzene rings is 3. The van der Waals surface area contributed by atoms with Crippen LogP contribution in [0.1, 0.15) is 28.4 Å². The Morgan fingerprint density at radius 1 is 1.04 bits per heavy atom. The molecule has 5 heteroatoms. The molecule has 0 fully saturated rings. The first-order valence-electron chi connectivity index (χ1n) is 8.59. The molecule has 1 aliphatic heterocycles. The quantitative estimate of drug-likeness (QED) is 0.605. The molecule has 0 saturated carbocycles. The molecular formula is C22H17ClN2OS. The summed E-state index contributed by atoms with van der Waals surface area (Å²) in [6, 6.07) is 21.3. The third-order valence-corrected chi connectivity index (χ3v) is 5.73. The van der Waals surface area contributed by atoms with Crippen molar-refractivity contribution in [1.82, 2.24) is 5.32 Å². The summed E-state index contributed by atoms with van der Waals surface area (Å²) in [4.78, 5) is 19.4. The van der Waals surface area contributed by atoms with Crippen molar-refractivity contribution in [1.29, 1.82) is 0 Å². The second kappa shape index (κ2) is 7.59. The summed E-state index contributed by atoms with van der Waals surface area (Å²) in [6.07, 6.45) is 0. The number of fused-ring (bicyclic) bond motifs is 2. The van der Waals surface area contributed by atoms with Crippen LogP contribution in [0.2, 0.25) is 5.02 Å². The Hall–Kier alpha value is -2.56. The van der Waals surface area contributed by atoms with Crippen molar-refractivity contribution in [3.8, 4) is 0 Å². The van der Waals surface area contributed by atoms with Gasteiger partial charge in [-0.25, -0.2) is 0 Å². The molecule has 134 valence electrons. The number of carbonyl (C=O) groups is 1. The van der Waals surface area contributed by atoms with Crippen molar-refractivity contribution in [2.24, 2.45) is 4.99 Å².